The van der Waals surface area contributed by atoms with Gasteiger partial charge in [0.25, 0.3) is 0 Å². The second-order valence-electron chi connectivity index (χ2n) is 16.9. The van der Waals surface area contributed by atoms with E-state index in [0.717, 1.165) is 17.1 Å². The van der Waals surface area contributed by atoms with Crippen LogP contribution in [0.5, 0.6) is 0 Å². The van der Waals surface area contributed by atoms with E-state index in [0.29, 0.717) is 0 Å². The van der Waals surface area contributed by atoms with E-state index >= 15 is 0 Å². The van der Waals surface area contributed by atoms with E-state index in [4.69, 9.17) is 0 Å². The Labute approximate surface area is 375 Å². The zero-order chi connectivity index (χ0) is 42.1. The van der Waals surface area contributed by atoms with Crippen LogP contribution in [0, 0.1) is 0 Å². The fourth-order valence-electron chi connectivity index (χ4n) is 10.0. The maximum absolute atomic E-state index is 2.45. The second kappa shape index (κ2) is 14.8. The summed E-state index contributed by atoms with van der Waals surface area (Å²) in [5, 5.41) is 15.1. The lowest BCUT2D eigenvalue weighted by Crippen LogP contribution is -2.10. The minimum atomic E-state index is 1.10. The topological polar surface area (TPSA) is 3.24 Å². The normalized spacial score (nSPS) is 11.8. The smallest absolute Gasteiger partial charge is 0.0468 e. The molecule has 0 aliphatic rings. The van der Waals surface area contributed by atoms with Gasteiger partial charge in [0.05, 0.1) is 0 Å². The van der Waals surface area contributed by atoms with Crippen molar-refractivity contribution < 1.29 is 0 Å². The van der Waals surface area contributed by atoms with Gasteiger partial charge in [-0.2, -0.15) is 0 Å². The predicted molar refractivity (Wildman–Crippen MR) is 278 cm³/mol. The van der Waals surface area contributed by atoms with Crippen LogP contribution in [0.2, 0.25) is 0 Å². The number of hydrogen-bond donors (Lipinski definition) is 0. The van der Waals surface area contributed by atoms with E-state index in [1.54, 1.807) is 0 Å². The molecule has 12 aromatic carbocycles. The van der Waals surface area contributed by atoms with Gasteiger partial charge < -0.3 is 4.90 Å². The first-order valence-electron chi connectivity index (χ1n) is 22.0. The fraction of sp³-hybridized carbons (Fsp3) is 0. The summed E-state index contributed by atoms with van der Waals surface area (Å²) in [4.78, 5) is 2.45. The molecule has 13 aromatic rings. The number of nitrogens with zero attached hydrogens (tertiary/aromatic N) is 1. The van der Waals surface area contributed by atoms with Crippen LogP contribution in [0.15, 0.2) is 237 Å². The maximum Gasteiger partial charge on any atom is 0.0468 e. The number of thiophene rings is 1. The molecule has 0 saturated heterocycles. The lowest BCUT2D eigenvalue weighted by atomic mass is 9.92. The molecule has 1 aromatic heterocycles. The Kier molecular flexibility index (Phi) is 8.47. The van der Waals surface area contributed by atoms with Crippen molar-refractivity contribution in [1.29, 1.82) is 0 Å². The van der Waals surface area contributed by atoms with Crippen molar-refractivity contribution in [2.45, 2.75) is 0 Å². The first-order chi connectivity index (χ1) is 31.7. The maximum atomic E-state index is 2.45. The van der Waals surface area contributed by atoms with Crippen LogP contribution < -0.4 is 4.90 Å². The molecule has 0 aliphatic heterocycles. The molecule has 0 aliphatic carbocycles. The summed E-state index contributed by atoms with van der Waals surface area (Å²) in [6.07, 6.45) is 0. The van der Waals surface area contributed by atoms with Gasteiger partial charge in [0, 0.05) is 37.2 Å². The van der Waals surface area contributed by atoms with Crippen molar-refractivity contribution in [3.05, 3.63) is 237 Å². The first-order valence-corrected chi connectivity index (χ1v) is 22.8. The molecule has 0 saturated carbocycles. The van der Waals surface area contributed by atoms with Crippen LogP contribution in [0.25, 0.3) is 107 Å². The highest BCUT2D eigenvalue weighted by molar-refractivity contribution is 7.26. The highest BCUT2D eigenvalue weighted by Crippen LogP contribution is 2.46. The molecule has 1 nitrogen and oxygen atoms in total. The molecule has 1 heterocycles. The molecule has 64 heavy (non-hydrogen) atoms. The number of hydrogen-bond acceptors (Lipinski definition) is 2. The molecule has 0 N–H and O–H groups in total. The van der Waals surface area contributed by atoms with Crippen molar-refractivity contribution in [2.24, 2.45) is 0 Å². The summed E-state index contributed by atoms with van der Waals surface area (Å²) in [5.41, 5.74) is 10.6. The Bertz CT molecular complexity index is 3970. The van der Waals surface area contributed by atoms with Gasteiger partial charge in [-0.1, -0.05) is 176 Å². The van der Waals surface area contributed by atoms with Gasteiger partial charge in [-0.15, -0.1) is 11.3 Å². The van der Waals surface area contributed by atoms with E-state index in [9.17, 15) is 0 Å². The Morgan fingerprint density at radius 3 is 1.66 bits per heavy atom. The van der Waals surface area contributed by atoms with E-state index < -0.39 is 0 Å². The van der Waals surface area contributed by atoms with Crippen LogP contribution in [0.1, 0.15) is 0 Å². The standard InChI is InChI=1S/C62H39NS/c1-2-13-41(14-3-1)59-38-50(29-32-53(59)47-24-22-40-12-4-5-16-43(40)34-47)63(51-30-33-61-60(39-51)57-31-27-42-15-6-9-19-54(42)62(57)64-61)49-28-26-44-35-48(25-23-45(44)36-49)58-37-46-17-7-8-18-52(46)55-20-10-11-21-56(55)58/h1-39H. The van der Waals surface area contributed by atoms with Crippen LogP contribution in [-0.2, 0) is 0 Å². The molecule has 0 unspecified atom stereocenters. The Hall–Kier alpha value is -8.04. The summed E-state index contributed by atoms with van der Waals surface area (Å²) in [7, 11) is 0. The van der Waals surface area contributed by atoms with Crippen LogP contribution in [0.3, 0.4) is 0 Å². The largest absolute Gasteiger partial charge is 0.310 e. The lowest BCUT2D eigenvalue weighted by molar-refractivity contribution is 1.30. The lowest BCUT2D eigenvalue weighted by Gasteiger charge is -2.27. The van der Waals surface area contributed by atoms with Gasteiger partial charge in [-0.05, 0) is 148 Å². The Morgan fingerprint density at radius 2 is 0.812 bits per heavy atom. The molecule has 0 fully saturated rings. The highest BCUT2D eigenvalue weighted by atomic mass is 32.1. The van der Waals surface area contributed by atoms with Gasteiger partial charge in [0.15, 0.2) is 0 Å². The van der Waals surface area contributed by atoms with Crippen molar-refractivity contribution >= 4 is 102 Å². The summed E-state index contributed by atoms with van der Waals surface area (Å²) < 4.78 is 2.63. The second-order valence-corrected chi connectivity index (χ2v) is 17.9. The summed E-state index contributed by atoms with van der Waals surface area (Å²) in [6, 6.07) is 87.5. The van der Waals surface area contributed by atoms with Crippen LogP contribution in [0.4, 0.5) is 17.1 Å². The molecular formula is C62H39NS. The number of rotatable bonds is 6. The Morgan fingerprint density at radius 1 is 0.250 bits per heavy atom. The van der Waals surface area contributed by atoms with Gasteiger partial charge in [0.1, 0.15) is 0 Å². The molecule has 298 valence electrons. The zero-order valence-corrected chi connectivity index (χ0v) is 35.7. The van der Waals surface area contributed by atoms with Crippen LogP contribution >= 0.6 is 11.3 Å². The van der Waals surface area contributed by atoms with Crippen molar-refractivity contribution in [2.75, 3.05) is 4.90 Å². The SMILES string of the molecule is c1ccc(-c2cc(N(c3ccc4cc(-c5cc6ccccc6c6ccccc56)ccc4c3)c3ccc4sc5c6ccccc6ccc5c4c3)ccc2-c2ccc3ccccc3c2)cc1. The Balaban J connectivity index is 1.00. The molecule has 0 amide bonds. The summed E-state index contributed by atoms with van der Waals surface area (Å²) in [6.45, 7) is 0. The van der Waals surface area contributed by atoms with Gasteiger partial charge >= 0.3 is 0 Å². The number of fused-ring (bicyclic) bond motifs is 10. The first kappa shape index (κ1) is 36.6. The van der Waals surface area contributed by atoms with E-state index in [2.05, 4.69) is 241 Å². The van der Waals surface area contributed by atoms with E-state index in [1.165, 1.54) is 107 Å². The minimum absolute atomic E-state index is 1.10. The summed E-state index contributed by atoms with van der Waals surface area (Å²) >= 11 is 1.89. The third kappa shape index (κ3) is 6.07. The highest BCUT2D eigenvalue weighted by Gasteiger charge is 2.20. The van der Waals surface area contributed by atoms with Gasteiger partial charge in [0.2, 0.25) is 0 Å². The molecular weight excluding hydrogens is 791 g/mol. The third-order valence-corrected chi connectivity index (χ3v) is 14.4. The molecule has 0 radical (unpaired) electrons. The van der Waals surface area contributed by atoms with E-state index in [-0.39, 0.29) is 0 Å². The molecule has 0 spiro atoms. The predicted octanol–water partition coefficient (Wildman–Crippen LogP) is 18.3. The zero-order valence-electron chi connectivity index (χ0n) is 34.9. The molecule has 13 rings (SSSR count). The summed E-state index contributed by atoms with van der Waals surface area (Å²) in [5.74, 6) is 0. The van der Waals surface area contributed by atoms with Crippen molar-refractivity contribution in [3.8, 4) is 33.4 Å². The van der Waals surface area contributed by atoms with Crippen molar-refractivity contribution in [1.82, 2.24) is 0 Å². The van der Waals surface area contributed by atoms with Crippen molar-refractivity contribution in [3.63, 3.8) is 0 Å². The van der Waals surface area contributed by atoms with Gasteiger partial charge in [-0.3, -0.25) is 0 Å². The van der Waals surface area contributed by atoms with Crippen LogP contribution in [-0.4, -0.2) is 0 Å². The minimum Gasteiger partial charge on any atom is -0.310 e. The fourth-order valence-corrected chi connectivity index (χ4v) is 11.3. The van der Waals surface area contributed by atoms with Gasteiger partial charge in [-0.25, -0.2) is 0 Å². The third-order valence-electron chi connectivity index (χ3n) is 13.2. The molecule has 2 heteroatoms. The quantitative estimate of drug-likeness (QED) is 0.151. The average Bonchev–Trinajstić information content (AvgIpc) is 3.75. The monoisotopic (exact) mass is 829 g/mol. The number of anilines is 3. The molecule has 0 atom stereocenters. The van der Waals surface area contributed by atoms with E-state index in [1.807, 2.05) is 11.3 Å². The average molecular weight is 830 g/mol. The number of benzene rings is 12. The molecule has 0 bridgehead atoms.